The number of rotatable bonds is 4. The van der Waals surface area contributed by atoms with Gasteiger partial charge in [-0.1, -0.05) is 56.5 Å². The lowest BCUT2D eigenvalue weighted by Crippen LogP contribution is -2.23. The van der Waals surface area contributed by atoms with Crippen LogP contribution in [0.4, 0.5) is 4.39 Å². The van der Waals surface area contributed by atoms with Crippen LogP contribution in [0.1, 0.15) is 12.5 Å². The smallest absolute Gasteiger partial charge is 0.124 e. The van der Waals surface area contributed by atoms with Gasteiger partial charge in [0.2, 0.25) is 0 Å². The van der Waals surface area contributed by atoms with Crippen LogP contribution in [-0.4, -0.2) is 10.7 Å². The Hall–Kier alpha value is 0.400. The van der Waals surface area contributed by atoms with Crippen molar-refractivity contribution in [1.82, 2.24) is 0 Å². The van der Waals surface area contributed by atoms with Crippen molar-refractivity contribution in [2.75, 3.05) is 10.7 Å². The quantitative estimate of drug-likeness (QED) is 0.677. The van der Waals surface area contributed by atoms with E-state index in [1.165, 1.54) is 12.1 Å². The second-order valence-electron chi connectivity index (χ2n) is 3.99. The van der Waals surface area contributed by atoms with Crippen molar-refractivity contribution in [3.63, 3.8) is 0 Å². The first-order chi connectivity index (χ1) is 7.00. The summed E-state index contributed by atoms with van der Waals surface area (Å²) < 4.78 is 12.8. The van der Waals surface area contributed by atoms with Gasteiger partial charge in [0.05, 0.1) is 0 Å². The van der Waals surface area contributed by atoms with Gasteiger partial charge in [-0.2, -0.15) is 0 Å². The molecule has 0 heterocycles. The van der Waals surface area contributed by atoms with E-state index in [1.54, 1.807) is 6.07 Å². The molecule has 0 radical (unpaired) electrons. The zero-order valence-electron chi connectivity index (χ0n) is 8.37. The standard InChI is InChI=1S/C11H12Br2ClF/c1-11(6-12,7-13)5-8-2-3-9(15)4-10(8)14/h2-4H,5-7H2,1H3. The molecule has 0 unspecified atom stereocenters. The maximum Gasteiger partial charge on any atom is 0.124 e. The first-order valence-corrected chi connectivity index (χ1v) is 7.19. The van der Waals surface area contributed by atoms with E-state index in [2.05, 4.69) is 38.8 Å². The van der Waals surface area contributed by atoms with E-state index in [0.717, 1.165) is 22.6 Å². The summed E-state index contributed by atoms with van der Waals surface area (Å²) >= 11 is 12.9. The normalized spacial score (nSPS) is 11.8. The lowest BCUT2D eigenvalue weighted by Gasteiger charge is -2.25. The van der Waals surface area contributed by atoms with Gasteiger partial charge in [-0.3, -0.25) is 0 Å². The van der Waals surface area contributed by atoms with Crippen molar-refractivity contribution in [3.8, 4) is 0 Å². The monoisotopic (exact) mass is 356 g/mol. The molecule has 0 amide bonds. The van der Waals surface area contributed by atoms with Gasteiger partial charge in [-0.05, 0) is 29.5 Å². The zero-order chi connectivity index (χ0) is 11.5. The molecule has 0 aliphatic rings. The Labute approximate surface area is 111 Å². The summed E-state index contributed by atoms with van der Waals surface area (Å²) in [5.74, 6) is -0.289. The Morgan fingerprint density at radius 2 is 1.93 bits per heavy atom. The average Bonchev–Trinajstić information content (AvgIpc) is 2.22. The molecule has 84 valence electrons. The second-order valence-corrected chi connectivity index (χ2v) is 5.52. The van der Waals surface area contributed by atoms with E-state index in [0.29, 0.717) is 5.02 Å². The Bertz CT molecular complexity index is 337. The fourth-order valence-corrected chi connectivity index (χ4v) is 2.81. The molecule has 15 heavy (non-hydrogen) atoms. The summed E-state index contributed by atoms with van der Waals surface area (Å²) in [6, 6.07) is 4.56. The molecule has 0 aliphatic heterocycles. The Kier molecular flexibility index (Phi) is 5.07. The highest BCUT2D eigenvalue weighted by Crippen LogP contribution is 2.30. The first-order valence-electron chi connectivity index (χ1n) is 4.56. The van der Waals surface area contributed by atoms with Gasteiger partial charge >= 0.3 is 0 Å². The molecule has 0 saturated heterocycles. The van der Waals surface area contributed by atoms with Crippen LogP contribution in [0.25, 0.3) is 0 Å². The highest BCUT2D eigenvalue weighted by molar-refractivity contribution is 9.09. The molecule has 1 rings (SSSR count). The Morgan fingerprint density at radius 1 is 1.33 bits per heavy atom. The number of benzene rings is 1. The molecule has 0 nitrogen and oxygen atoms in total. The minimum atomic E-state index is -0.289. The van der Waals surface area contributed by atoms with Gasteiger partial charge in [-0.25, -0.2) is 4.39 Å². The van der Waals surface area contributed by atoms with Crippen LogP contribution < -0.4 is 0 Å². The van der Waals surface area contributed by atoms with Crippen molar-refractivity contribution in [2.45, 2.75) is 13.3 Å². The molecule has 0 spiro atoms. The number of hydrogen-bond acceptors (Lipinski definition) is 0. The summed E-state index contributed by atoms with van der Waals surface area (Å²) in [6.07, 6.45) is 0.822. The van der Waals surface area contributed by atoms with E-state index in [4.69, 9.17) is 11.6 Å². The Morgan fingerprint density at radius 3 is 2.40 bits per heavy atom. The molecule has 0 N–H and O–H groups in total. The van der Waals surface area contributed by atoms with Crippen LogP contribution in [0.5, 0.6) is 0 Å². The minimum absolute atomic E-state index is 0.0987. The fourth-order valence-electron chi connectivity index (χ4n) is 1.26. The van der Waals surface area contributed by atoms with Gasteiger partial charge in [0.25, 0.3) is 0 Å². The highest BCUT2D eigenvalue weighted by Gasteiger charge is 2.23. The van der Waals surface area contributed by atoms with Crippen molar-refractivity contribution in [3.05, 3.63) is 34.6 Å². The third-order valence-corrected chi connectivity index (χ3v) is 5.34. The molecule has 0 aliphatic carbocycles. The van der Waals surface area contributed by atoms with Gasteiger partial charge in [-0.15, -0.1) is 0 Å². The molecule has 1 aromatic rings. The summed E-state index contributed by atoms with van der Waals surface area (Å²) in [4.78, 5) is 0. The van der Waals surface area contributed by atoms with E-state index in [-0.39, 0.29) is 11.2 Å². The number of hydrogen-bond donors (Lipinski definition) is 0. The van der Waals surface area contributed by atoms with Crippen LogP contribution >= 0.6 is 43.5 Å². The summed E-state index contributed by atoms with van der Waals surface area (Å²) in [5, 5.41) is 2.25. The fraction of sp³-hybridized carbons (Fsp3) is 0.455. The average molecular weight is 358 g/mol. The summed E-state index contributed by atoms with van der Waals surface area (Å²) in [5.41, 5.74) is 1.08. The predicted octanol–water partition coefficient (Wildman–Crippen LogP) is 4.82. The van der Waals surface area contributed by atoms with Crippen LogP contribution in [0.15, 0.2) is 18.2 Å². The second kappa shape index (κ2) is 5.65. The van der Waals surface area contributed by atoms with Gasteiger partial charge in [0.1, 0.15) is 5.82 Å². The van der Waals surface area contributed by atoms with Crippen molar-refractivity contribution in [2.24, 2.45) is 5.41 Å². The summed E-state index contributed by atoms with van der Waals surface area (Å²) in [7, 11) is 0. The topological polar surface area (TPSA) is 0 Å². The predicted molar refractivity (Wildman–Crippen MR) is 70.8 cm³/mol. The van der Waals surface area contributed by atoms with Crippen molar-refractivity contribution in [1.29, 1.82) is 0 Å². The van der Waals surface area contributed by atoms with E-state index in [9.17, 15) is 4.39 Å². The van der Waals surface area contributed by atoms with Gasteiger partial charge in [0, 0.05) is 15.7 Å². The lowest BCUT2D eigenvalue weighted by molar-refractivity contribution is 0.438. The van der Waals surface area contributed by atoms with Crippen LogP contribution in [0.3, 0.4) is 0 Å². The highest BCUT2D eigenvalue weighted by atomic mass is 79.9. The minimum Gasteiger partial charge on any atom is -0.207 e. The van der Waals surface area contributed by atoms with Crippen LogP contribution in [-0.2, 0) is 6.42 Å². The summed E-state index contributed by atoms with van der Waals surface area (Å²) in [6.45, 7) is 2.15. The molecule has 0 bridgehead atoms. The molecular formula is C11H12Br2ClF. The largest absolute Gasteiger partial charge is 0.207 e. The van der Waals surface area contributed by atoms with E-state index in [1.807, 2.05) is 0 Å². The third-order valence-electron chi connectivity index (χ3n) is 2.28. The van der Waals surface area contributed by atoms with Crippen LogP contribution in [0.2, 0.25) is 5.02 Å². The van der Waals surface area contributed by atoms with Gasteiger partial charge < -0.3 is 0 Å². The molecule has 0 aromatic heterocycles. The molecule has 1 aromatic carbocycles. The van der Waals surface area contributed by atoms with Gasteiger partial charge in [0.15, 0.2) is 0 Å². The van der Waals surface area contributed by atoms with E-state index >= 15 is 0 Å². The molecular weight excluding hydrogens is 346 g/mol. The Balaban J connectivity index is 2.89. The lowest BCUT2D eigenvalue weighted by atomic mass is 9.88. The van der Waals surface area contributed by atoms with Crippen LogP contribution in [0, 0.1) is 11.2 Å². The zero-order valence-corrected chi connectivity index (χ0v) is 12.3. The third kappa shape index (κ3) is 3.72. The number of halogens is 4. The first kappa shape index (κ1) is 13.5. The molecule has 0 atom stereocenters. The maximum absolute atomic E-state index is 12.8. The van der Waals surface area contributed by atoms with Crippen molar-refractivity contribution < 1.29 is 4.39 Å². The molecule has 4 heteroatoms. The molecule has 0 saturated carbocycles. The SMILES string of the molecule is CC(CBr)(CBr)Cc1ccc(F)cc1Cl. The molecule has 0 fully saturated rings. The van der Waals surface area contributed by atoms with E-state index < -0.39 is 0 Å². The maximum atomic E-state index is 12.8. The number of alkyl halides is 2. The van der Waals surface area contributed by atoms with Crippen molar-refractivity contribution >= 4 is 43.5 Å².